The normalized spacial score (nSPS) is 27.6. The molecule has 2 aliphatic rings. The van der Waals surface area contributed by atoms with Crippen LogP contribution in [0.15, 0.2) is 10.7 Å². The molecule has 18 heavy (non-hydrogen) atoms. The molecule has 1 N–H and O–H groups in total. The van der Waals surface area contributed by atoms with E-state index in [9.17, 15) is 5.11 Å². The summed E-state index contributed by atoms with van der Waals surface area (Å²) in [4.78, 5) is 10.7. The maximum Gasteiger partial charge on any atom is 0.232 e. The van der Waals surface area contributed by atoms with Crippen molar-refractivity contribution < 1.29 is 9.84 Å². The minimum Gasteiger partial charge on any atom is -0.480 e. The molecule has 0 radical (unpaired) electrons. The summed E-state index contributed by atoms with van der Waals surface area (Å²) in [5, 5.41) is 10.5. The van der Waals surface area contributed by atoms with Crippen LogP contribution < -0.4 is 9.64 Å². The van der Waals surface area contributed by atoms with Gasteiger partial charge < -0.3 is 14.7 Å². The topological polar surface area (TPSA) is 58.5 Å². The highest BCUT2D eigenvalue weighted by Crippen LogP contribution is 2.45. The summed E-state index contributed by atoms with van der Waals surface area (Å²) in [5.41, 5.74) is -0.538. The summed E-state index contributed by atoms with van der Waals surface area (Å²) in [6, 6.07) is 0. The van der Waals surface area contributed by atoms with Gasteiger partial charge in [-0.1, -0.05) is 0 Å². The van der Waals surface area contributed by atoms with Crippen LogP contribution >= 0.6 is 15.9 Å². The molecule has 2 fully saturated rings. The minimum atomic E-state index is -0.538. The lowest BCUT2D eigenvalue weighted by atomic mass is 9.97. The fraction of sp³-hybridized carbons (Fsp3) is 0.667. The number of β-amino-alcohol motifs (C(OH)–C–C–N with tert-alkyl or cyclic N) is 1. The number of hydrogen-bond acceptors (Lipinski definition) is 5. The van der Waals surface area contributed by atoms with Crippen molar-refractivity contribution in [1.82, 2.24) is 9.97 Å². The summed E-state index contributed by atoms with van der Waals surface area (Å²) in [6.45, 7) is 1.43. The molecule has 6 heteroatoms. The summed E-state index contributed by atoms with van der Waals surface area (Å²) < 4.78 is 5.91. The zero-order valence-electron chi connectivity index (χ0n) is 10.3. The Morgan fingerprint density at radius 3 is 3.00 bits per heavy atom. The van der Waals surface area contributed by atoms with Crippen LogP contribution in [0.2, 0.25) is 0 Å². The fourth-order valence-electron chi connectivity index (χ4n) is 2.58. The van der Waals surface area contributed by atoms with Crippen molar-refractivity contribution in [2.75, 3.05) is 25.1 Å². The van der Waals surface area contributed by atoms with Gasteiger partial charge in [0.05, 0.1) is 23.4 Å². The van der Waals surface area contributed by atoms with Gasteiger partial charge in [-0.25, -0.2) is 4.98 Å². The number of nitrogens with zero attached hydrogens (tertiary/aromatic N) is 3. The van der Waals surface area contributed by atoms with Gasteiger partial charge in [-0.2, -0.15) is 4.98 Å². The van der Waals surface area contributed by atoms with Crippen LogP contribution in [0.25, 0.3) is 0 Å². The SMILES string of the molecule is COc1nc(N2CCC(O)(C3CC3)C2)ncc1Br. The molecule has 1 aromatic rings. The second-order valence-corrected chi connectivity index (χ2v) is 5.93. The third-order valence-electron chi connectivity index (χ3n) is 3.79. The third-order valence-corrected chi connectivity index (χ3v) is 4.34. The van der Waals surface area contributed by atoms with E-state index in [1.54, 1.807) is 13.3 Å². The van der Waals surface area contributed by atoms with Gasteiger partial charge in [0.1, 0.15) is 0 Å². The van der Waals surface area contributed by atoms with Crippen LogP contribution in [-0.4, -0.2) is 40.9 Å². The standard InChI is InChI=1S/C12H16BrN3O2/c1-18-10-9(13)6-14-11(15-10)16-5-4-12(17,7-16)8-2-3-8/h6,8,17H,2-5,7H2,1H3. The first-order valence-corrected chi connectivity index (χ1v) is 6.95. The number of aromatic nitrogens is 2. The Labute approximate surface area is 114 Å². The van der Waals surface area contributed by atoms with Crippen molar-refractivity contribution in [3.63, 3.8) is 0 Å². The molecule has 3 rings (SSSR count). The molecule has 0 amide bonds. The molecule has 98 valence electrons. The van der Waals surface area contributed by atoms with Crippen molar-refractivity contribution in [3.05, 3.63) is 10.7 Å². The molecule has 0 aromatic carbocycles. The van der Waals surface area contributed by atoms with Gasteiger partial charge in [-0.05, 0) is 41.1 Å². The van der Waals surface area contributed by atoms with Gasteiger partial charge in [0.25, 0.3) is 0 Å². The Bertz CT molecular complexity index is 467. The van der Waals surface area contributed by atoms with E-state index in [1.807, 2.05) is 4.90 Å². The first-order valence-electron chi connectivity index (χ1n) is 6.16. The second-order valence-electron chi connectivity index (χ2n) is 5.08. The Morgan fingerprint density at radius 2 is 2.33 bits per heavy atom. The number of methoxy groups -OCH3 is 1. The van der Waals surface area contributed by atoms with Gasteiger partial charge >= 0.3 is 0 Å². The van der Waals surface area contributed by atoms with Crippen LogP contribution in [0.1, 0.15) is 19.3 Å². The molecular weight excluding hydrogens is 298 g/mol. The number of ether oxygens (including phenoxy) is 1. The predicted octanol–water partition coefficient (Wildman–Crippen LogP) is 1.60. The van der Waals surface area contributed by atoms with Crippen molar-refractivity contribution in [1.29, 1.82) is 0 Å². The summed E-state index contributed by atoms with van der Waals surface area (Å²) in [7, 11) is 1.58. The van der Waals surface area contributed by atoms with Gasteiger partial charge in [0, 0.05) is 13.1 Å². The van der Waals surface area contributed by atoms with E-state index in [0.717, 1.165) is 30.3 Å². The first kappa shape index (κ1) is 12.2. The van der Waals surface area contributed by atoms with Crippen molar-refractivity contribution >= 4 is 21.9 Å². The lowest BCUT2D eigenvalue weighted by Crippen LogP contribution is -2.35. The molecular formula is C12H16BrN3O2. The zero-order chi connectivity index (χ0) is 12.8. The second kappa shape index (κ2) is 4.35. The monoisotopic (exact) mass is 313 g/mol. The number of hydrogen-bond donors (Lipinski definition) is 1. The summed E-state index contributed by atoms with van der Waals surface area (Å²) >= 11 is 3.34. The van der Waals surface area contributed by atoms with Crippen LogP contribution in [0.5, 0.6) is 5.88 Å². The Morgan fingerprint density at radius 1 is 1.56 bits per heavy atom. The fourth-order valence-corrected chi connectivity index (χ4v) is 2.93. The Hall–Kier alpha value is -0.880. The summed E-state index contributed by atoms with van der Waals surface area (Å²) in [6.07, 6.45) is 4.79. The largest absolute Gasteiger partial charge is 0.480 e. The number of anilines is 1. The minimum absolute atomic E-state index is 0.472. The highest BCUT2D eigenvalue weighted by Gasteiger charge is 2.48. The maximum absolute atomic E-state index is 10.5. The van der Waals surface area contributed by atoms with Crippen LogP contribution in [-0.2, 0) is 0 Å². The Balaban J connectivity index is 1.79. The lowest BCUT2D eigenvalue weighted by Gasteiger charge is -2.23. The number of aliphatic hydroxyl groups is 1. The van der Waals surface area contributed by atoms with Crippen LogP contribution in [0.4, 0.5) is 5.95 Å². The highest BCUT2D eigenvalue weighted by molar-refractivity contribution is 9.10. The molecule has 1 saturated heterocycles. The predicted molar refractivity (Wildman–Crippen MR) is 70.8 cm³/mol. The lowest BCUT2D eigenvalue weighted by molar-refractivity contribution is 0.0400. The van der Waals surface area contributed by atoms with E-state index in [1.165, 1.54) is 0 Å². The van der Waals surface area contributed by atoms with Gasteiger partial charge in [0.2, 0.25) is 11.8 Å². The average Bonchev–Trinajstić information content (AvgIpc) is 3.15. The number of rotatable bonds is 3. The van der Waals surface area contributed by atoms with E-state index in [-0.39, 0.29) is 0 Å². The van der Waals surface area contributed by atoms with E-state index >= 15 is 0 Å². The third kappa shape index (κ3) is 2.07. The van der Waals surface area contributed by atoms with E-state index in [0.29, 0.717) is 24.3 Å². The van der Waals surface area contributed by atoms with Crippen LogP contribution in [0, 0.1) is 5.92 Å². The average molecular weight is 314 g/mol. The van der Waals surface area contributed by atoms with Gasteiger partial charge in [-0.3, -0.25) is 0 Å². The van der Waals surface area contributed by atoms with Gasteiger partial charge in [-0.15, -0.1) is 0 Å². The van der Waals surface area contributed by atoms with Crippen molar-refractivity contribution in [2.45, 2.75) is 24.9 Å². The van der Waals surface area contributed by atoms with Crippen molar-refractivity contribution in [3.8, 4) is 5.88 Å². The number of halogens is 1. The molecule has 1 unspecified atom stereocenters. The van der Waals surface area contributed by atoms with Crippen molar-refractivity contribution in [2.24, 2.45) is 5.92 Å². The van der Waals surface area contributed by atoms with E-state index in [2.05, 4.69) is 25.9 Å². The molecule has 2 heterocycles. The molecule has 0 spiro atoms. The highest BCUT2D eigenvalue weighted by atomic mass is 79.9. The zero-order valence-corrected chi connectivity index (χ0v) is 11.9. The maximum atomic E-state index is 10.5. The smallest absolute Gasteiger partial charge is 0.232 e. The summed E-state index contributed by atoms with van der Waals surface area (Å²) in [5.74, 6) is 1.63. The first-order chi connectivity index (χ1) is 8.62. The molecule has 1 aliphatic heterocycles. The molecule has 1 aliphatic carbocycles. The molecule has 1 atom stereocenters. The molecule has 0 bridgehead atoms. The quantitative estimate of drug-likeness (QED) is 0.918. The Kier molecular flexibility index (Phi) is 2.94. The van der Waals surface area contributed by atoms with Crippen LogP contribution in [0.3, 0.4) is 0 Å². The molecule has 1 saturated carbocycles. The molecule has 5 nitrogen and oxygen atoms in total. The van der Waals surface area contributed by atoms with E-state index < -0.39 is 5.60 Å². The van der Waals surface area contributed by atoms with E-state index in [4.69, 9.17) is 4.74 Å². The van der Waals surface area contributed by atoms with Gasteiger partial charge in [0.15, 0.2) is 0 Å². The molecule has 1 aromatic heterocycles.